The molecule has 3 rings (SSSR count). The summed E-state index contributed by atoms with van der Waals surface area (Å²) >= 11 is 0. The number of carbonyl (C=O) groups is 1. The van der Waals surface area contributed by atoms with Gasteiger partial charge < -0.3 is 9.64 Å². The average molecular weight is 348 g/mol. The second kappa shape index (κ2) is 8.53. The quantitative estimate of drug-likeness (QED) is 0.716. The van der Waals surface area contributed by atoms with E-state index >= 15 is 0 Å². The molecule has 26 heavy (non-hydrogen) atoms. The van der Waals surface area contributed by atoms with E-state index in [9.17, 15) is 4.79 Å². The molecule has 4 nitrogen and oxygen atoms in total. The molecule has 134 valence electrons. The van der Waals surface area contributed by atoms with Crippen LogP contribution < -0.4 is 4.74 Å². The molecule has 1 aliphatic rings. The summed E-state index contributed by atoms with van der Waals surface area (Å²) in [7, 11) is 0. The molecular formula is C22H24N2O2. The number of nitriles is 1. The van der Waals surface area contributed by atoms with Crippen molar-refractivity contribution in [1.82, 2.24) is 4.90 Å². The topological polar surface area (TPSA) is 53.3 Å². The van der Waals surface area contributed by atoms with Gasteiger partial charge in [-0.1, -0.05) is 31.2 Å². The average Bonchev–Trinajstić information content (AvgIpc) is 3.50. The first-order valence-corrected chi connectivity index (χ1v) is 9.20. The Morgan fingerprint density at radius 1 is 1.12 bits per heavy atom. The van der Waals surface area contributed by atoms with Crippen molar-refractivity contribution in [3.05, 3.63) is 54.1 Å². The van der Waals surface area contributed by atoms with Gasteiger partial charge in [0.05, 0.1) is 11.6 Å². The van der Waals surface area contributed by atoms with Crippen molar-refractivity contribution in [3.8, 4) is 22.9 Å². The van der Waals surface area contributed by atoms with Gasteiger partial charge in [0.2, 0.25) is 0 Å². The summed E-state index contributed by atoms with van der Waals surface area (Å²) < 4.78 is 5.69. The van der Waals surface area contributed by atoms with Crippen LogP contribution >= 0.6 is 0 Å². The summed E-state index contributed by atoms with van der Waals surface area (Å²) in [5.74, 6) is 1.45. The molecule has 1 saturated carbocycles. The molecule has 0 heterocycles. The Bertz CT molecular complexity index is 771. The molecule has 0 saturated heterocycles. The molecule has 0 radical (unpaired) electrons. The van der Waals surface area contributed by atoms with Crippen LogP contribution in [0.25, 0.3) is 11.1 Å². The van der Waals surface area contributed by atoms with Gasteiger partial charge in [-0.05, 0) is 60.6 Å². The summed E-state index contributed by atoms with van der Waals surface area (Å²) in [5.41, 5.74) is 2.75. The van der Waals surface area contributed by atoms with Crippen LogP contribution in [0.4, 0.5) is 0 Å². The predicted octanol–water partition coefficient (Wildman–Crippen LogP) is 4.25. The molecule has 0 spiro atoms. The second-order valence-corrected chi connectivity index (χ2v) is 6.79. The molecule has 1 fully saturated rings. The number of nitrogens with zero attached hydrogens (tertiary/aromatic N) is 2. The molecule has 0 aromatic heterocycles. The monoisotopic (exact) mass is 348 g/mol. The fraction of sp³-hybridized carbons (Fsp3) is 0.364. The Morgan fingerprint density at radius 2 is 1.73 bits per heavy atom. The zero-order valence-electron chi connectivity index (χ0n) is 15.1. The summed E-state index contributed by atoms with van der Waals surface area (Å²) in [5, 5.41) is 8.87. The Morgan fingerprint density at radius 3 is 2.27 bits per heavy atom. The molecule has 1 amide bonds. The lowest BCUT2D eigenvalue weighted by atomic mass is 10.0. The van der Waals surface area contributed by atoms with Gasteiger partial charge in [-0.3, -0.25) is 4.79 Å². The van der Waals surface area contributed by atoms with Crippen molar-refractivity contribution in [3.63, 3.8) is 0 Å². The molecule has 0 bridgehead atoms. The van der Waals surface area contributed by atoms with Crippen molar-refractivity contribution >= 4 is 5.91 Å². The first kappa shape index (κ1) is 18.0. The third-order valence-corrected chi connectivity index (χ3v) is 4.59. The van der Waals surface area contributed by atoms with E-state index in [1.54, 1.807) is 12.1 Å². The van der Waals surface area contributed by atoms with Gasteiger partial charge >= 0.3 is 0 Å². The molecule has 2 aromatic carbocycles. The number of ether oxygens (including phenoxy) is 1. The Labute approximate surface area is 155 Å². The lowest BCUT2D eigenvalue weighted by Gasteiger charge is -2.22. The molecule has 4 heteroatoms. The number of amides is 1. The van der Waals surface area contributed by atoms with Gasteiger partial charge in [-0.2, -0.15) is 5.26 Å². The van der Waals surface area contributed by atoms with E-state index in [0.29, 0.717) is 17.2 Å². The summed E-state index contributed by atoms with van der Waals surface area (Å²) in [6, 6.07) is 17.3. The summed E-state index contributed by atoms with van der Waals surface area (Å²) in [6.07, 6.45) is 3.45. The Hall–Kier alpha value is -2.80. The van der Waals surface area contributed by atoms with Crippen LogP contribution in [-0.4, -0.2) is 30.5 Å². The Kier molecular flexibility index (Phi) is 5.91. The molecule has 1 aliphatic carbocycles. The number of benzene rings is 2. The number of carbonyl (C=O) groups excluding carboxylic acids is 1. The van der Waals surface area contributed by atoms with Gasteiger partial charge in [0.15, 0.2) is 6.61 Å². The van der Waals surface area contributed by atoms with Crippen LogP contribution in [0, 0.1) is 17.2 Å². The molecule has 0 atom stereocenters. The highest BCUT2D eigenvalue weighted by molar-refractivity contribution is 5.77. The van der Waals surface area contributed by atoms with Crippen LogP contribution in [0.3, 0.4) is 0 Å². The fourth-order valence-corrected chi connectivity index (χ4v) is 2.92. The smallest absolute Gasteiger partial charge is 0.260 e. The van der Waals surface area contributed by atoms with Crippen molar-refractivity contribution in [1.29, 1.82) is 5.26 Å². The Balaban J connectivity index is 1.56. The molecule has 2 aromatic rings. The van der Waals surface area contributed by atoms with Gasteiger partial charge in [-0.25, -0.2) is 0 Å². The summed E-state index contributed by atoms with van der Waals surface area (Å²) in [6.45, 7) is 3.85. The van der Waals surface area contributed by atoms with Crippen LogP contribution in [0.5, 0.6) is 5.75 Å². The normalized spacial score (nSPS) is 13.1. The van der Waals surface area contributed by atoms with Gasteiger partial charge in [0.25, 0.3) is 5.91 Å². The van der Waals surface area contributed by atoms with Gasteiger partial charge in [0.1, 0.15) is 5.75 Å². The van der Waals surface area contributed by atoms with E-state index in [1.165, 1.54) is 12.8 Å². The van der Waals surface area contributed by atoms with Crippen LogP contribution in [0.15, 0.2) is 48.5 Å². The molecular weight excluding hydrogens is 324 g/mol. The van der Waals surface area contributed by atoms with E-state index in [0.717, 1.165) is 30.6 Å². The van der Waals surface area contributed by atoms with Gasteiger partial charge in [0, 0.05) is 13.1 Å². The number of hydrogen-bond acceptors (Lipinski definition) is 3. The van der Waals surface area contributed by atoms with Crippen molar-refractivity contribution < 1.29 is 9.53 Å². The fourth-order valence-electron chi connectivity index (χ4n) is 2.92. The maximum Gasteiger partial charge on any atom is 0.260 e. The van der Waals surface area contributed by atoms with Crippen LogP contribution in [0.2, 0.25) is 0 Å². The van der Waals surface area contributed by atoms with E-state index in [4.69, 9.17) is 10.00 Å². The highest BCUT2D eigenvalue weighted by atomic mass is 16.5. The number of rotatable bonds is 8. The highest BCUT2D eigenvalue weighted by Crippen LogP contribution is 2.30. The SMILES string of the molecule is CCCN(CC1CC1)C(=O)COc1ccc(-c2ccc(C#N)cc2)cc1. The van der Waals surface area contributed by atoms with Crippen molar-refractivity contribution in [2.24, 2.45) is 5.92 Å². The number of hydrogen-bond donors (Lipinski definition) is 0. The van der Waals surface area contributed by atoms with E-state index in [1.807, 2.05) is 41.3 Å². The standard InChI is InChI=1S/C22H24N2O2/c1-2-13-24(15-18-3-4-18)22(25)16-26-21-11-9-20(10-12-21)19-7-5-17(14-23)6-8-19/h5-12,18H,2-4,13,15-16H2,1H3. The molecule has 0 aliphatic heterocycles. The highest BCUT2D eigenvalue weighted by Gasteiger charge is 2.26. The van der Waals surface area contributed by atoms with Gasteiger partial charge in [-0.15, -0.1) is 0 Å². The second-order valence-electron chi connectivity index (χ2n) is 6.79. The van der Waals surface area contributed by atoms with Crippen LogP contribution in [0.1, 0.15) is 31.7 Å². The largest absolute Gasteiger partial charge is 0.484 e. The molecule has 0 N–H and O–H groups in total. The first-order chi connectivity index (χ1) is 12.7. The zero-order valence-corrected chi connectivity index (χ0v) is 15.1. The van der Waals surface area contributed by atoms with Crippen LogP contribution in [-0.2, 0) is 4.79 Å². The van der Waals surface area contributed by atoms with Crippen molar-refractivity contribution in [2.45, 2.75) is 26.2 Å². The van der Waals surface area contributed by atoms with E-state index in [2.05, 4.69) is 13.0 Å². The minimum absolute atomic E-state index is 0.0647. The lowest BCUT2D eigenvalue weighted by Crippen LogP contribution is -2.37. The van der Waals surface area contributed by atoms with E-state index < -0.39 is 0 Å². The zero-order chi connectivity index (χ0) is 18.4. The maximum atomic E-state index is 12.4. The lowest BCUT2D eigenvalue weighted by molar-refractivity contribution is -0.133. The van der Waals surface area contributed by atoms with E-state index in [-0.39, 0.29) is 12.5 Å². The van der Waals surface area contributed by atoms with Crippen molar-refractivity contribution in [2.75, 3.05) is 19.7 Å². The minimum Gasteiger partial charge on any atom is -0.484 e. The third kappa shape index (κ3) is 4.86. The summed E-state index contributed by atoms with van der Waals surface area (Å²) in [4.78, 5) is 14.3. The maximum absolute atomic E-state index is 12.4. The predicted molar refractivity (Wildman–Crippen MR) is 102 cm³/mol. The molecule has 0 unspecified atom stereocenters. The first-order valence-electron chi connectivity index (χ1n) is 9.20. The minimum atomic E-state index is 0.0647. The third-order valence-electron chi connectivity index (χ3n) is 4.59.